The Labute approximate surface area is 103 Å². The molecule has 1 aromatic heterocycles. The number of hydroxylamine groups is 2. The van der Waals surface area contributed by atoms with E-state index in [1.165, 1.54) is 0 Å². The minimum absolute atomic E-state index is 0.0354. The Balaban J connectivity index is 2.40. The van der Waals surface area contributed by atoms with Crippen molar-refractivity contribution in [2.24, 2.45) is 0 Å². The van der Waals surface area contributed by atoms with Crippen LogP contribution in [-0.4, -0.2) is 54.2 Å². The van der Waals surface area contributed by atoms with E-state index in [0.717, 1.165) is 6.26 Å². The first-order valence-corrected chi connectivity index (χ1v) is 6.78. The van der Waals surface area contributed by atoms with Gasteiger partial charge in [0, 0.05) is 13.1 Å². The van der Waals surface area contributed by atoms with Gasteiger partial charge in [0.1, 0.15) is 0 Å². The van der Waals surface area contributed by atoms with Crippen LogP contribution in [0.4, 0.5) is 5.82 Å². The Morgan fingerprint density at radius 3 is 2.78 bits per heavy atom. The van der Waals surface area contributed by atoms with Crippen LogP contribution in [0.3, 0.4) is 0 Å². The molecule has 0 bridgehead atoms. The third-order valence-corrected chi connectivity index (χ3v) is 2.64. The van der Waals surface area contributed by atoms with Crippen molar-refractivity contribution in [3.8, 4) is 0 Å². The SMILES string of the molecule is CS(=O)(=O)NCCCN(O)C(=N)c1nonc1N. The van der Waals surface area contributed by atoms with Gasteiger partial charge in [0.15, 0.2) is 17.3 Å². The van der Waals surface area contributed by atoms with Crippen LogP contribution in [0.1, 0.15) is 12.1 Å². The van der Waals surface area contributed by atoms with Crippen LogP contribution in [0.25, 0.3) is 0 Å². The van der Waals surface area contributed by atoms with Gasteiger partial charge in [0.05, 0.1) is 6.26 Å². The summed E-state index contributed by atoms with van der Waals surface area (Å²) in [5, 5.41) is 24.3. The molecule has 1 heterocycles. The number of nitrogens with zero attached hydrogens (tertiary/aromatic N) is 3. The lowest BCUT2D eigenvalue weighted by Crippen LogP contribution is -2.32. The van der Waals surface area contributed by atoms with Gasteiger partial charge in [-0.1, -0.05) is 0 Å². The summed E-state index contributed by atoms with van der Waals surface area (Å²) in [5.41, 5.74) is 5.28. The number of rotatable bonds is 6. The van der Waals surface area contributed by atoms with Crippen molar-refractivity contribution in [3.05, 3.63) is 5.69 Å². The fourth-order valence-corrected chi connectivity index (χ4v) is 1.60. The Bertz CT molecular complexity index is 512. The second-order valence-corrected chi connectivity index (χ2v) is 5.32. The van der Waals surface area contributed by atoms with E-state index >= 15 is 0 Å². The van der Waals surface area contributed by atoms with Crippen LogP contribution in [0.2, 0.25) is 0 Å². The minimum Gasteiger partial charge on any atom is -0.379 e. The molecular formula is C7H14N6O4S. The molecule has 0 saturated carbocycles. The molecule has 18 heavy (non-hydrogen) atoms. The summed E-state index contributed by atoms with van der Waals surface area (Å²) < 4.78 is 28.1. The lowest BCUT2D eigenvalue weighted by Gasteiger charge is -2.15. The molecule has 0 atom stereocenters. The highest BCUT2D eigenvalue weighted by atomic mass is 32.2. The highest BCUT2D eigenvalue weighted by Gasteiger charge is 2.17. The summed E-state index contributed by atoms with van der Waals surface area (Å²) in [6, 6.07) is 0. The molecule has 10 nitrogen and oxygen atoms in total. The van der Waals surface area contributed by atoms with Crippen LogP contribution in [0.15, 0.2) is 4.63 Å². The normalized spacial score (nSPS) is 11.4. The van der Waals surface area contributed by atoms with Gasteiger partial charge in [0.25, 0.3) is 0 Å². The molecule has 102 valence electrons. The van der Waals surface area contributed by atoms with Gasteiger partial charge < -0.3 is 5.73 Å². The van der Waals surface area contributed by atoms with E-state index < -0.39 is 10.0 Å². The number of amidine groups is 1. The molecule has 0 saturated heterocycles. The van der Waals surface area contributed by atoms with Crippen LogP contribution in [0.5, 0.6) is 0 Å². The van der Waals surface area contributed by atoms with E-state index in [1.807, 2.05) is 0 Å². The lowest BCUT2D eigenvalue weighted by atomic mass is 10.3. The summed E-state index contributed by atoms with van der Waals surface area (Å²) in [5.74, 6) is -0.471. The van der Waals surface area contributed by atoms with Crippen molar-refractivity contribution in [2.45, 2.75) is 6.42 Å². The second-order valence-electron chi connectivity index (χ2n) is 3.49. The number of aromatic nitrogens is 2. The monoisotopic (exact) mass is 278 g/mol. The zero-order valence-electron chi connectivity index (χ0n) is 9.62. The molecule has 1 aromatic rings. The maximum Gasteiger partial charge on any atom is 0.208 e. The standard InChI is InChI=1S/C7H14N6O4S/c1-18(15,16)10-3-2-4-13(14)7(9)5-6(8)12-17-11-5/h9-10,14H,2-4H2,1H3,(H2,8,12). The molecule has 0 unspecified atom stereocenters. The number of nitrogen functional groups attached to an aromatic ring is 1. The molecule has 0 aliphatic carbocycles. The van der Waals surface area contributed by atoms with Crippen molar-refractivity contribution >= 4 is 21.7 Å². The second kappa shape index (κ2) is 5.75. The maximum atomic E-state index is 10.8. The molecular weight excluding hydrogens is 264 g/mol. The van der Waals surface area contributed by atoms with Crippen LogP contribution < -0.4 is 10.5 Å². The van der Waals surface area contributed by atoms with Crippen LogP contribution in [0, 0.1) is 5.41 Å². The average Bonchev–Trinajstić information content (AvgIpc) is 2.68. The summed E-state index contributed by atoms with van der Waals surface area (Å²) in [6.07, 6.45) is 1.34. The molecule has 0 radical (unpaired) electrons. The number of nitrogens with one attached hydrogen (secondary N) is 2. The van der Waals surface area contributed by atoms with Crippen molar-refractivity contribution in [1.29, 1.82) is 5.41 Å². The van der Waals surface area contributed by atoms with Crippen molar-refractivity contribution < 1.29 is 18.3 Å². The first-order chi connectivity index (χ1) is 8.31. The van der Waals surface area contributed by atoms with Crippen molar-refractivity contribution in [3.63, 3.8) is 0 Å². The number of nitrogens with two attached hydrogens (primary N) is 1. The van der Waals surface area contributed by atoms with Crippen molar-refractivity contribution in [2.75, 3.05) is 25.1 Å². The van der Waals surface area contributed by atoms with Gasteiger partial charge in [0.2, 0.25) is 10.0 Å². The quantitative estimate of drug-likeness (QED) is 0.214. The number of hydrogen-bond acceptors (Lipinski definition) is 8. The first-order valence-electron chi connectivity index (χ1n) is 4.89. The summed E-state index contributed by atoms with van der Waals surface area (Å²) in [6.45, 7) is 0.184. The van der Waals surface area contributed by atoms with E-state index in [1.54, 1.807) is 0 Å². The number of anilines is 1. The maximum absolute atomic E-state index is 10.8. The number of sulfonamides is 1. The Kier molecular flexibility index (Phi) is 4.58. The fourth-order valence-electron chi connectivity index (χ4n) is 1.08. The van der Waals surface area contributed by atoms with Gasteiger partial charge in [-0.15, -0.1) is 0 Å². The van der Waals surface area contributed by atoms with Gasteiger partial charge >= 0.3 is 0 Å². The fraction of sp³-hybridized carbons (Fsp3) is 0.571. The van der Waals surface area contributed by atoms with E-state index in [-0.39, 0.29) is 30.4 Å². The molecule has 0 aliphatic rings. The van der Waals surface area contributed by atoms with Crippen LogP contribution >= 0.6 is 0 Å². The van der Waals surface area contributed by atoms with E-state index in [0.29, 0.717) is 11.5 Å². The molecule has 0 fully saturated rings. The van der Waals surface area contributed by atoms with E-state index in [9.17, 15) is 13.6 Å². The molecule has 5 N–H and O–H groups in total. The predicted octanol–water partition coefficient (Wildman–Crippen LogP) is -1.39. The summed E-state index contributed by atoms with van der Waals surface area (Å²) in [4.78, 5) is 0. The van der Waals surface area contributed by atoms with Crippen LogP contribution in [-0.2, 0) is 10.0 Å². The van der Waals surface area contributed by atoms with Gasteiger partial charge in [-0.2, -0.15) is 0 Å². The number of hydrogen-bond donors (Lipinski definition) is 4. The molecule has 0 aromatic carbocycles. The zero-order valence-corrected chi connectivity index (χ0v) is 10.4. The lowest BCUT2D eigenvalue weighted by molar-refractivity contribution is -0.0155. The molecule has 0 aliphatic heterocycles. The molecule has 11 heteroatoms. The Morgan fingerprint density at radius 1 is 1.61 bits per heavy atom. The predicted molar refractivity (Wildman–Crippen MR) is 61.5 cm³/mol. The summed E-state index contributed by atoms with van der Waals surface area (Å²) >= 11 is 0. The third kappa shape index (κ3) is 4.27. The molecule has 0 spiro atoms. The van der Waals surface area contributed by atoms with E-state index in [4.69, 9.17) is 11.1 Å². The van der Waals surface area contributed by atoms with E-state index in [2.05, 4.69) is 19.7 Å². The minimum atomic E-state index is -3.25. The smallest absolute Gasteiger partial charge is 0.208 e. The Morgan fingerprint density at radius 2 is 2.28 bits per heavy atom. The van der Waals surface area contributed by atoms with Gasteiger partial charge in [-0.05, 0) is 16.7 Å². The van der Waals surface area contributed by atoms with Gasteiger partial charge in [-0.25, -0.2) is 22.8 Å². The topological polar surface area (TPSA) is 158 Å². The summed E-state index contributed by atoms with van der Waals surface area (Å²) in [7, 11) is -3.25. The third-order valence-electron chi connectivity index (χ3n) is 1.91. The molecule has 1 rings (SSSR count). The average molecular weight is 278 g/mol. The largest absolute Gasteiger partial charge is 0.379 e. The highest BCUT2D eigenvalue weighted by Crippen LogP contribution is 2.07. The first kappa shape index (κ1) is 14.3. The zero-order chi connectivity index (χ0) is 13.8. The van der Waals surface area contributed by atoms with Crippen molar-refractivity contribution in [1.82, 2.24) is 20.1 Å². The Hall–Kier alpha value is -1.72. The highest BCUT2D eigenvalue weighted by molar-refractivity contribution is 7.88. The molecule has 0 amide bonds. The van der Waals surface area contributed by atoms with Gasteiger partial charge in [-0.3, -0.25) is 10.6 Å².